The zero-order chi connectivity index (χ0) is 7.28. The fourth-order valence-electron chi connectivity index (χ4n) is 0.251. The van der Waals surface area contributed by atoms with Gasteiger partial charge in [0.2, 0.25) is 0 Å². The number of carboxylic acid groups (broad SMARTS) is 2. The van der Waals surface area contributed by atoms with E-state index >= 15 is 0 Å². The van der Waals surface area contributed by atoms with Crippen molar-refractivity contribution in [1.29, 1.82) is 0 Å². The smallest absolute Gasteiger partial charge is 0.550 e. The van der Waals surface area contributed by atoms with Gasteiger partial charge in [0.15, 0.2) is 0 Å². The number of rotatable bonds is 3. The number of carbonyl (C=O) groups is 2. The molecule has 0 aliphatic carbocycles. The minimum Gasteiger partial charge on any atom is -0.550 e. The van der Waals surface area contributed by atoms with Crippen molar-refractivity contribution >= 4 is 11.9 Å². The summed E-state index contributed by atoms with van der Waals surface area (Å²) in [5.41, 5.74) is 0. The van der Waals surface area contributed by atoms with Crippen molar-refractivity contribution in [2.45, 2.75) is 6.42 Å². The monoisotopic (exact) mass is 192 g/mol. The topological polar surface area (TPSA) is 80.3 Å². The van der Waals surface area contributed by atoms with Gasteiger partial charge in [0.05, 0.1) is 5.97 Å². The number of hydrogen-bond acceptors (Lipinski definition) is 4. The summed E-state index contributed by atoms with van der Waals surface area (Å²) in [6, 6.07) is 0. The molecule has 0 aliphatic heterocycles. The van der Waals surface area contributed by atoms with Gasteiger partial charge in [-0.1, -0.05) is 6.08 Å². The van der Waals surface area contributed by atoms with Crippen LogP contribution in [0.25, 0.3) is 0 Å². The summed E-state index contributed by atoms with van der Waals surface area (Å²) in [6.07, 6.45) is 1.20. The van der Waals surface area contributed by atoms with E-state index in [4.69, 9.17) is 0 Å². The van der Waals surface area contributed by atoms with Crippen LogP contribution in [0.4, 0.5) is 0 Å². The van der Waals surface area contributed by atoms with E-state index in [0.717, 1.165) is 6.08 Å². The fourth-order valence-corrected chi connectivity index (χ4v) is 0.251. The average Bonchev–Trinajstić information content (AvgIpc) is 1.63. The van der Waals surface area contributed by atoms with Crippen LogP contribution in [0.2, 0.25) is 0 Å². The van der Waals surface area contributed by atoms with Gasteiger partial charge in [0, 0.05) is 12.4 Å². The maximum Gasteiger partial charge on any atom is 2.00 e. The van der Waals surface area contributed by atoms with Crippen LogP contribution in [-0.2, 0) is 29.1 Å². The molecule has 0 saturated heterocycles. The minimum absolute atomic E-state index is 0. The quantitative estimate of drug-likeness (QED) is 0.364. The van der Waals surface area contributed by atoms with Gasteiger partial charge in [-0.3, -0.25) is 0 Å². The molecule has 0 N–H and O–H groups in total. The van der Waals surface area contributed by atoms with Crippen molar-refractivity contribution in [2.75, 3.05) is 0 Å². The van der Waals surface area contributed by atoms with E-state index in [2.05, 4.69) is 0 Å². The molecule has 0 atom stereocenters. The molecule has 0 fully saturated rings. The Bertz CT molecular complexity index is 152. The number of hydrogen-bond donors (Lipinski definition) is 0. The van der Waals surface area contributed by atoms with Crippen molar-refractivity contribution in [3.63, 3.8) is 0 Å². The molecule has 4 nitrogen and oxygen atoms in total. The van der Waals surface area contributed by atoms with Crippen molar-refractivity contribution in [3.8, 4) is 0 Å². The molecule has 0 rings (SSSR count). The molecule has 0 aromatic heterocycles. The molecule has 50 valence electrons. The van der Waals surface area contributed by atoms with Gasteiger partial charge in [-0.15, -0.1) is 0 Å². The Balaban J connectivity index is 0. The Morgan fingerprint density at radius 3 is 2.10 bits per heavy atom. The first kappa shape index (κ1) is 12.0. The molecule has 0 aliphatic rings. The molecule has 0 bridgehead atoms. The summed E-state index contributed by atoms with van der Waals surface area (Å²) in [6.45, 7) is 0. The molecule has 0 saturated carbocycles. The Kier molecular flexibility index (Phi) is 7.72. The first-order valence-electron chi connectivity index (χ1n) is 2.20. The second-order valence-electron chi connectivity index (χ2n) is 1.30. The van der Waals surface area contributed by atoms with Crippen LogP contribution in [0.5, 0.6) is 0 Å². The number of carboxylic acids is 2. The van der Waals surface area contributed by atoms with Crippen molar-refractivity contribution in [3.05, 3.63) is 12.2 Å². The molecule has 0 radical (unpaired) electrons. The summed E-state index contributed by atoms with van der Waals surface area (Å²) in [5.74, 6) is -2.72. The summed E-state index contributed by atoms with van der Waals surface area (Å²) < 4.78 is 0. The average molecular weight is 193 g/mol. The molecule has 0 unspecified atom stereocenters. The van der Waals surface area contributed by atoms with Crippen LogP contribution >= 0.6 is 0 Å². The molecule has 0 aromatic carbocycles. The Morgan fingerprint density at radius 2 is 1.80 bits per heavy atom. The maximum atomic E-state index is 9.61. The van der Waals surface area contributed by atoms with Crippen molar-refractivity contribution in [1.82, 2.24) is 0 Å². The van der Waals surface area contributed by atoms with Crippen molar-refractivity contribution < 1.29 is 39.3 Å². The van der Waals surface area contributed by atoms with E-state index in [9.17, 15) is 19.8 Å². The zero-order valence-electron chi connectivity index (χ0n) is 5.20. The van der Waals surface area contributed by atoms with Gasteiger partial charge in [0.25, 0.3) is 0 Å². The Labute approximate surface area is 70.3 Å². The van der Waals surface area contributed by atoms with Crippen LogP contribution in [0.15, 0.2) is 12.2 Å². The molecule has 0 heterocycles. The third kappa shape index (κ3) is 10.3. The summed E-state index contributed by atoms with van der Waals surface area (Å²) in [7, 11) is 0. The summed E-state index contributed by atoms with van der Waals surface area (Å²) in [4.78, 5) is 19.2. The molecular formula is C5H4O4Zn. The first-order valence-corrected chi connectivity index (χ1v) is 2.20. The van der Waals surface area contributed by atoms with Gasteiger partial charge >= 0.3 is 19.5 Å². The SMILES string of the molecule is O=C([O-])C=CCC(=O)[O-].[Zn+2]. The van der Waals surface area contributed by atoms with Gasteiger partial charge in [0.1, 0.15) is 0 Å². The molecule has 0 spiro atoms. The van der Waals surface area contributed by atoms with Crippen LogP contribution in [0, 0.1) is 0 Å². The number of aliphatic carboxylic acids is 2. The molecular weight excluding hydrogens is 189 g/mol. The van der Waals surface area contributed by atoms with E-state index in [-0.39, 0.29) is 19.5 Å². The van der Waals surface area contributed by atoms with Crippen LogP contribution < -0.4 is 10.2 Å². The van der Waals surface area contributed by atoms with Gasteiger partial charge in [-0.05, 0) is 6.08 Å². The predicted octanol–water partition coefficient (Wildman–Crippen LogP) is -2.57. The normalized spacial score (nSPS) is 8.80. The zero-order valence-corrected chi connectivity index (χ0v) is 8.17. The molecule has 0 amide bonds. The summed E-state index contributed by atoms with van der Waals surface area (Å²) in [5, 5.41) is 19.2. The van der Waals surface area contributed by atoms with Crippen molar-refractivity contribution in [2.24, 2.45) is 0 Å². The van der Waals surface area contributed by atoms with Gasteiger partial charge in [-0.25, -0.2) is 0 Å². The second kappa shape index (κ2) is 6.42. The molecule has 0 aromatic rings. The van der Waals surface area contributed by atoms with E-state index < -0.39 is 18.4 Å². The Hall–Kier alpha value is -0.697. The Morgan fingerprint density at radius 1 is 1.30 bits per heavy atom. The van der Waals surface area contributed by atoms with Crippen LogP contribution in [0.1, 0.15) is 6.42 Å². The largest absolute Gasteiger partial charge is 2.00 e. The molecule has 10 heavy (non-hydrogen) atoms. The predicted molar refractivity (Wildman–Crippen MR) is 23.8 cm³/mol. The second-order valence-corrected chi connectivity index (χ2v) is 1.30. The third-order valence-electron chi connectivity index (χ3n) is 0.538. The van der Waals surface area contributed by atoms with E-state index in [1.807, 2.05) is 0 Å². The van der Waals surface area contributed by atoms with E-state index in [1.54, 1.807) is 0 Å². The maximum absolute atomic E-state index is 9.61. The fraction of sp³-hybridized carbons (Fsp3) is 0.200. The minimum atomic E-state index is -1.41. The van der Waals surface area contributed by atoms with E-state index in [0.29, 0.717) is 6.08 Å². The van der Waals surface area contributed by atoms with Crippen LogP contribution in [0.3, 0.4) is 0 Å². The van der Waals surface area contributed by atoms with Gasteiger partial charge in [-0.2, -0.15) is 0 Å². The number of carbonyl (C=O) groups excluding carboxylic acids is 2. The standard InChI is InChI=1S/C5H6O4.Zn/c6-4(7)2-1-3-5(8)9;/h1-2H,3H2,(H,6,7)(H,8,9);/q;+2/p-2. The third-order valence-corrected chi connectivity index (χ3v) is 0.538. The van der Waals surface area contributed by atoms with Crippen LogP contribution in [-0.4, -0.2) is 11.9 Å². The molecule has 5 heteroatoms. The van der Waals surface area contributed by atoms with Gasteiger partial charge < -0.3 is 19.8 Å². The van der Waals surface area contributed by atoms with E-state index in [1.165, 1.54) is 0 Å². The first-order chi connectivity index (χ1) is 4.13. The summed E-state index contributed by atoms with van der Waals surface area (Å²) >= 11 is 0.